The second-order valence-electron chi connectivity index (χ2n) is 9.01. The van der Waals surface area contributed by atoms with Crippen LogP contribution in [0.5, 0.6) is 5.75 Å². The SMILES string of the molecule is Cc1ccc(C)c(NC(=O)[C@H]2C(=O)CN[C@@]34CCCC[C@@H]3[C@H]2c2ccccc2O4)c1. The van der Waals surface area contributed by atoms with Crippen molar-refractivity contribution in [2.24, 2.45) is 11.8 Å². The summed E-state index contributed by atoms with van der Waals surface area (Å²) in [7, 11) is 0. The molecule has 2 fully saturated rings. The Labute approximate surface area is 177 Å². The molecule has 1 saturated carbocycles. The Bertz CT molecular complexity index is 1020. The molecule has 5 heteroatoms. The highest BCUT2D eigenvalue weighted by molar-refractivity contribution is 6.09. The number of aryl methyl sites for hydroxylation is 2. The number of nitrogens with one attached hydrogen (secondary N) is 2. The summed E-state index contributed by atoms with van der Waals surface area (Å²) >= 11 is 0. The molecule has 5 nitrogen and oxygen atoms in total. The van der Waals surface area contributed by atoms with Crippen molar-refractivity contribution in [3.63, 3.8) is 0 Å². The molecule has 4 atom stereocenters. The molecule has 30 heavy (non-hydrogen) atoms. The second-order valence-corrected chi connectivity index (χ2v) is 9.01. The summed E-state index contributed by atoms with van der Waals surface area (Å²) in [6.07, 6.45) is 3.97. The van der Waals surface area contributed by atoms with Crippen molar-refractivity contribution in [1.29, 1.82) is 0 Å². The quantitative estimate of drug-likeness (QED) is 0.740. The number of Topliss-reactive ketones (excluding diaryl/α,β-unsaturated/α-hetero) is 1. The number of carbonyl (C=O) groups excluding carboxylic acids is 2. The maximum absolute atomic E-state index is 13.6. The Kier molecular flexibility index (Phi) is 4.66. The van der Waals surface area contributed by atoms with Gasteiger partial charge in [-0.2, -0.15) is 0 Å². The Morgan fingerprint density at radius 2 is 2.00 bits per heavy atom. The fraction of sp³-hybridized carbons (Fsp3) is 0.440. The summed E-state index contributed by atoms with van der Waals surface area (Å²) in [6.45, 7) is 4.13. The van der Waals surface area contributed by atoms with Crippen molar-refractivity contribution < 1.29 is 14.3 Å². The number of para-hydroxylation sites is 1. The van der Waals surface area contributed by atoms with Gasteiger partial charge in [0.05, 0.1) is 6.54 Å². The summed E-state index contributed by atoms with van der Waals surface area (Å²) in [6, 6.07) is 13.9. The highest BCUT2D eigenvalue weighted by Gasteiger charge is 2.57. The van der Waals surface area contributed by atoms with Crippen LogP contribution in [-0.4, -0.2) is 24.0 Å². The average molecular weight is 405 g/mol. The van der Waals surface area contributed by atoms with Gasteiger partial charge in [-0.05, 0) is 55.5 Å². The molecule has 2 aliphatic heterocycles. The lowest BCUT2D eigenvalue weighted by Crippen LogP contribution is -2.60. The van der Waals surface area contributed by atoms with Crippen molar-refractivity contribution >= 4 is 17.4 Å². The number of rotatable bonds is 2. The minimum atomic E-state index is -0.729. The normalized spacial score (nSPS) is 29.8. The van der Waals surface area contributed by atoms with Gasteiger partial charge in [-0.15, -0.1) is 0 Å². The van der Waals surface area contributed by atoms with Crippen LogP contribution in [0.15, 0.2) is 42.5 Å². The number of ether oxygens (including phenoxy) is 1. The Morgan fingerprint density at radius 1 is 1.17 bits per heavy atom. The number of anilines is 1. The van der Waals surface area contributed by atoms with Gasteiger partial charge < -0.3 is 10.1 Å². The molecule has 2 N–H and O–H groups in total. The molecule has 1 amide bonds. The van der Waals surface area contributed by atoms with Crippen molar-refractivity contribution in [3.05, 3.63) is 59.2 Å². The minimum Gasteiger partial charge on any atom is -0.472 e. The highest BCUT2D eigenvalue weighted by Crippen LogP contribution is 2.54. The van der Waals surface area contributed by atoms with E-state index in [4.69, 9.17) is 4.74 Å². The summed E-state index contributed by atoms with van der Waals surface area (Å²) in [5.74, 6) is -0.278. The van der Waals surface area contributed by atoms with Gasteiger partial charge in [-0.1, -0.05) is 36.8 Å². The first-order valence-corrected chi connectivity index (χ1v) is 10.9. The van der Waals surface area contributed by atoms with E-state index in [1.54, 1.807) is 0 Å². The van der Waals surface area contributed by atoms with Crippen molar-refractivity contribution in [1.82, 2.24) is 5.32 Å². The molecule has 0 unspecified atom stereocenters. The summed E-state index contributed by atoms with van der Waals surface area (Å²) in [5.41, 5.74) is 3.28. The van der Waals surface area contributed by atoms with E-state index in [2.05, 4.69) is 10.6 Å². The molecule has 2 bridgehead atoms. The van der Waals surface area contributed by atoms with Crippen LogP contribution in [0.25, 0.3) is 0 Å². The Balaban J connectivity index is 1.58. The van der Waals surface area contributed by atoms with Crippen molar-refractivity contribution in [2.75, 3.05) is 11.9 Å². The maximum Gasteiger partial charge on any atom is 0.235 e. The first kappa shape index (κ1) is 19.3. The van der Waals surface area contributed by atoms with E-state index in [0.717, 1.165) is 53.8 Å². The molecule has 0 aromatic heterocycles. The first-order valence-electron chi connectivity index (χ1n) is 10.9. The molecule has 0 radical (unpaired) electrons. The van der Waals surface area contributed by atoms with Gasteiger partial charge in [0.2, 0.25) is 5.91 Å². The van der Waals surface area contributed by atoms with Crippen LogP contribution in [-0.2, 0) is 9.59 Å². The van der Waals surface area contributed by atoms with Gasteiger partial charge in [0, 0.05) is 23.9 Å². The molecule has 156 valence electrons. The van der Waals surface area contributed by atoms with Gasteiger partial charge in [0.25, 0.3) is 0 Å². The van der Waals surface area contributed by atoms with E-state index in [9.17, 15) is 9.59 Å². The van der Waals surface area contributed by atoms with Crippen LogP contribution in [0, 0.1) is 25.7 Å². The lowest BCUT2D eigenvalue weighted by Gasteiger charge is -2.50. The van der Waals surface area contributed by atoms with Gasteiger partial charge in [0.1, 0.15) is 11.7 Å². The summed E-state index contributed by atoms with van der Waals surface area (Å²) in [4.78, 5) is 26.9. The number of benzene rings is 2. The monoisotopic (exact) mass is 404 g/mol. The van der Waals surface area contributed by atoms with Gasteiger partial charge >= 0.3 is 0 Å². The lowest BCUT2D eigenvalue weighted by molar-refractivity contribution is -0.132. The molecule has 2 aromatic rings. The highest BCUT2D eigenvalue weighted by atomic mass is 16.5. The predicted octanol–water partition coefficient (Wildman–Crippen LogP) is 4.09. The fourth-order valence-electron chi connectivity index (χ4n) is 5.63. The molecular weight excluding hydrogens is 376 g/mol. The smallest absolute Gasteiger partial charge is 0.235 e. The lowest BCUT2D eigenvalue weighted by atomic mass is 9.65. The third-order valence-electron chi connectivity index (χ3n) is 7.12. The number of ketones is 1. The van der Waals surface area contributed by atoms with Gasteiger partial charge in [-0.3, -0.25) is 14.9 Å². The zero-order valence-electron chi connectivity index (χ0n) is 17.5. The Morgan fingerprint density at radius 3 is 2.87 bits per heavy atom. The van der Waals surface area contributed by atoms with Crippen LogP contribution < -0.4 is 15.4 Å². The zero-order chi connectivity index (χ0) is 20.9. The number of carbonyl (C=O) groups is 2. The van der Waals surface area contributed by atoms with Crippen LogP contribution in [0.2, 0.25) is 0 Å². The molecule has 0 spiro atoms. The predicted molar refractivity (Wildman–Crippen MR) is 116 cm³/mol. The largest absolute Gasteiger partial charge is 0.472 e. The number of fused-ring (bicyclic) bond motifs is 2. The van der Waals surface area contributed by atoms with Gasteiger partial charge in [0.15, 0.2) is 11.5 Å². The minimum absolute atomic E-state index is 0.0584. The summed E-state index contributed by atoms with van der Waals surface area (Å²) < 4.78 is 6.51. The standard InChI is InChI=1S/C25H28N2O3/c1-15-10-11-16(2)19(13-15)27-24(29)23-20(28)14-26-25-12-6-5-8-18(25)22(23)17-7-3-4-9-21(17)30-25/h3-4,7,9-11,13,18,22-23,26H,5-6,8,12,14H2,1-2H3,(H,27,29)/t18-,22-,23+,25-/m1/s1. The molecule has 2 heterocycles. The maximum atomic E-state index is 13.6. The average Bonchev–Trinajstić information content (AvgIpc) is 2.83. The van der Waals surface area contributed by atoms with E-state index < -0.39 is 11.6 Å². The summed E-state index contributed by atoms with van der Waals surface area (Å²) in [5, 5.41) is 6.51. The van der Waals surface area contributed by atoms with E-state index in [-0.39, 0.29) is 30.1 Å². The number of amides is 1. The topological polar surface area (TPSA) is 67.4 Å². The number of hydrogen-bond donors (Lipinski definition) is 2. The van der Waals surface area contributed by atoms with E-state index >= 15 is 0 Å². The van der Waals surface area contributed by atoms with Crippen LogP contribution in [0.1, 0.15) is 48.3 Å². The molecule has 5 rings (SSSR count). The molecule has 3 aliphatic rings. The van der Waals surface area contributed by atoms with E-state index in [0.29, 0.717) is 0 Å². The number of hydrogen-bond acceptors (Lipinski definition) is 4. The zero-order valence-corrected chi connectivity index (χ0v) is 17.5. The van der Waals surface area contributed by atoms with Gasteiger partial charge in [-0.25, -0.2) is 0 Å². The van der Waals surface area contributed by atoms with E-state index in [1.165, 1.54) is 0 Å². The molecule has 1 saturated heterocycles. The van der Waals surface area contributed by atoms with Crippen LogP contribution in [0.3, 0.4) is 0 Å². The molecular formula is C25H28N2O3. The van der Waals surface area contributed by atoms with Crippen LogP contribution >= 0.6 is 0 Å². The third kappa shape index (κ3) is 3.03. The van der Waals surface area contributed by atoms with Crippen molar-refractivity contribution in [2.45, 2.75) is 51.2 Å². The molecule has 1 aliphatic carbocycles. The molecule has 2 aromatic carbocycles. The Hall–Kier alpha value is -2.66. The van der Waals surface area contributed by atoms with Crippen molar-refractivity contribution in [3.8, 4) is 5.75 Å². The van der Waals surface area contributed by atoms with Crippen LogP contribution in [0.4, 0.5) is 5.69 Å². The fourth-order valence-corrected chi connectivity index (χ4v) is 5.63. The third-order valence-corrected chi connectivity index (χ3v) is 7.12. The second kappa shape index (κ2) is 7.24. The first-order chi connectivity index (χ1) is 14.5. The van der Waals surface area contributed by atoms with E-state index in [1.807, 2.05) is 56.3 Å².